The minimum absolute atomic E-state index is 0.192. The molecule has 2 fully saturated rings. The smallest absolute Gasteiger partial charge is 0.222 e. The molecule has 4 nitrogen and oxygen atoms in total. The monoisotopic (exact) mass is 315 g/mol. The Kier molecular flexibility index (Phi) is 3.80. The van der Waals surface area contributed by atoms with Crippen molar-refractivity contribution < 1.29 is 14.3 Å². The Morgan fingerprint density at radius 3 is 2.78 bits per heavy atom. The van der Waals surface area contributed by atoms with Gasteiger partial charge in [-0.1, -0.05) is 6.07 Å². The van der Waals surface area contributed by atoms with Crippen LogP contribution in [-0.2, 0) is 28.9 Å². The van der Waals surface area contributed by atoms with E-state index in [0.29, 0.717) is 13.0 Å². The minimum Gasteiger partial charge on any atom is -0.496 e. The number of rotatable bonds is 3. The number of fused-ring (bicyclic) bond motifs is 1. The normalized spacial score (nSPS) is 26.8. The molecule has 23 heavy (non-hydrogen) atoms. The number of aryl methyl sites for hydroxylation is 2. The Labute approximate surface area is 137 Å². The summed E-state index contributed by atoms with van der Waals surface area (Å²) in [7, 11) is 1.73. The van der Waals surface area contributed by atoms with Crippen LogP contribution in [0.25, 0.3) is 0 Å². The van der Waals surface area contributed by atoms with Crippen LogP contribution in [-0.4, -0.2) is 37.7 Å². The second kappa shape index (κ2) is 5.82. The lowest BCUT2D eigenvalue weighted by Crippen LogP contribution is -2.46. The molecule has 0 radical (unpaired) electrons. The average Bonchev–Trinajstić information content (AvgIpc) is 3.19. The van der Waals surface area contributed by atoms with Gasteiger partial charge >= 0.3 is 0 Å². The molecule has 2 saturated heterocycles. The molecule has 1 aromatic rings. The maximum Gasteiger partial charge on any atom is 0.222 e. The zero-order chi connectivity index (χ0) is 15.9. The third-order valence-corrected chi connectivity index (χ3v) is 5.79. The average molecular weight is 315 g/mol. The molecule has 0 aromatic heterocycles. The molecule has 0 bridgehead atoms. The van der Waals surface area contributed by atoms with Crippen LogP contribution in [0, 0.1) is 5.41 Å². The number of hydrogen-bond acceptors (Lipinski definition) is 3. The number of methoxy groups -OCH3 is 1. The number of hydrogen-bond donors (Lipinski definition) is 0. The van der Waals surface area contributed by atoms with Crippen molar-refractivity contribution >= 4 is 5.91 Å². The highest BCUT2D eigenvalue weighted by molar-refractivity contribution is 5.77. The van der Waals surface area contributed by atoms with Gasteiger partial charge in [0, 0.05) is 37.1 Å². The summed E-state index contributed by atoms with van der Waals surface area (Å²) in [6.45, 7) is 3.13. The van der Waals surface area contributed by atoms with Gasteiger partial charge in [-0.2, -0.15) is 0 Å². The van der Waals surface area contributed by atoms with Crippen molar-refractivity contribution in [3.05, 3.63) is 28.8 Å². The Balaban J connectivity index is 1.58. The number of nitrogens with zero attached hydrogens (tertiary/aromatic N) is 1. The molecule has 1 spiro atoms. The van der Waals surface area contributed by atoms with Crippen LogP contribution in [0.1, 0.15) is 42.4 Å². The van der Waals surface area contributed by atoms with Crippen LogP contribution in [0.4, 0.5) is 0 Å². The number of benzene rings is 1. The zero-order valence-electron chi connectivity index (χ0n) is 13.9. The van der Waals surface area contributed by atoms with Crippen LogP contribution in [0.5, 0.6) is 5.75 Å². The van der Waals surface area contributed by atoms with Crippen molar-refractivity contribution in [2.45, 2.75) is 45.1 Å². The first-order valence-electron chi connectivity index (χ1n) is 8.73. The van der Waals surface area contributed by atoms with Crippen molar-refractivity contribution in [1.29, 1.82) is 0 Å². The maximum atomic E-state index is 12.4. The molecule has 2 aliphatic heterocycles. The van der Waals surface area contributed by atoms with Crippen molar-refractivity contribution in [3.63, 3.8) is 0 Å². The summed E-state index contributed by atoms with van der Waals surface area (Å²) in [6, 6.07) is 4.45. The molecule has 3 aliphatic rings. The van der Waals surface area contributed by atoms with Crippen LogP contribution < -0.4 is 4.74 Å². The van der Waals surface area contributed by atoms with E-state index in [4.69, 9.17) is 9.47 Å². The zero-order valence-corrected chi connectivity index (χ0v) is 13.9. The molecule has 124 valence electrons. The van der Waals surface area contributed by atoms with E-state index in [2.05, 4.69) is 12.1 Å². The third kappa shape index (κ3) is 2.74. The summed E-state index contributed by atoms with van der Waals surface area (Å²) in [4.78, 5) is 14.4. The molecule has 2 heterocycles. The van der Waals surface area contributed by atoms with E-state index in [1.165, 1.54) is 17.5 Å². The first kappa shape index (κ1) is 15.0. The molecule has 1 aliphatic carbocycles. The first-order valence-corrected chi connectivity index (χ1v) is 8.73. The second-order valence-electron chi connectivity index (χ2n) is 7.34. The molecule has 1 atom stereocenters. The molecular formula is C19H25NO3. The Bertz CT molecular complexity index is 619. The van der Waals surface area contributed by atoms with Gasteiger partial charge in [-0.15, -0.1) is 0 Å². The summed E-state index contributed by atoms with van der Waals surface area (Å²) in [5.41, 5.74) is 4.19. The van der Waals surface area contributed by atoms with E-state index in [9.17, 15) is 4.79 Å². The lowest BCUT2D eigenvalue weighted by Gasteiger charge is -2.39. The van der Waals surface area contributed by atoms with Crippen molar-refractivity contribution in [1.82, 2.24) is 4.90 Å². The number of amides is 1. The van der Waals surface area contributed by atoms with Gasteiger partial charge in [0.2, 0.25) is 5.91 Å². The Morgan fingerprint density at radius 2 is 2.04 bits per heavy atom. The SMILES string of the molecule is COc1cc2c(cc1CN1C[C@]3(CCOC3)CCC1=O)CCC2. The topological polar surface area (TPSA) is 38.8 Å². The predicted octanol–water partition coefficient (Wildman–Crippen LogP) is 2.71. The number of ether oxygens (including phenoxy) is 2. The van der Waals surface area contributed by atoms with Gasteiger partial charge in [0.1, 0.15) is 5.75 Å². The highest BCUT2D eigenvalue weighted by atomic mass is 16.5. The van der Waals surface area contributed by atoms with Gasteiger partial charge in [0.25, 0.3) is 0 Å². The quantitative estimate of drug-likeness (QED) is 0.861. The largest absolute Gasteiger partial charge is 0.496 e. The van der Waals surface area contributed by atoms with Gasteiger partial charge in [-0.3, -0.25) is 4.79 Å². The molecule has 0 N–H and O–H groups in total. The maximum absolute atomic E-state index is 12.4. The second-order valence-corrected chi connectivity index (χ2v) is 7.34. The Hall–Kier alpha value is -1.55. The van der Waals surface area contributed by atoms with Gasteiger partial charge in [-0.05, 0) is 49.3 Å². The predicted molar refractivity (Wildman–Crippen MR) is 87.5 cm³/mol. The van der Waals surface area contributed by atoms with Gasteiger partial charge in [-0.25, -0.2) is 0 Å². The summed E-state index contributed by atoms with van der Waals surface area (Å²) < 4.78 is 11.2. The molecule has 0 unspecified atom stereocenters. The third-order valence-electron chi connectivity index (χ3n) is 5.79. The van der Waals surface area contributed by atoms with Gasteiger partial charge in [0.15, 0.2) is 0 Å². The molecule has 4 heteroatoms. The van der Waals surface area contributed by atoms with E-state index in [-0.39, 0.29) is 11.3 Å². The molecule has 0 saturated carbocycles. The van der Waals surface area contributed by atoms with Crippen molar-refractivity contribution in [2.75, 3.05) is 26.9 Å². The van der Waals surface area contributed by atoms with Crippen molar-refractivity contribution in [3.8, 4) is 5.75 Å². The molecule has 4 rings (SSSR count). The summed E-state index contributed by atoms with van der Waals surface area (Å²) in [5, 5.41) is 0. The van der Waals surface area contributed by atoms with Crippen LogP contribution >= 0.6 is 0 Å². The van der Waals surface area contributed by atoms with Gasteiger partial charge in [0.05, 0.1) is 13.7 Å². The lowest BCUT2D eigenvalue weighted by molar-refractivity contribution is -0.138. The van der Waals surface area contributed by atoms with Crippen molar-refractivity contribution in [2.24, 2.45) is 5.41 Å². The fourth-order valence-electron chi connectivity index (χ4n) is 4.39. The van der Waals surface area contributed by atoms with Gasteiger partial charge < -0.3 is 14.4 Å². The summed E-state index contributed by atoms with van der Waals surface area (Å²) >= 11 is 0. The van der Waals surface area contributed by atoms with E-state index < -0.39 is 0 Å². The molecule has 1 amide bonds. The first-order chi connectivity index (χ1) is 11.2. The van der Waals surface area contributed by atoms with E-state index in [1.807, 2.05) is 4.90 Å². The highest BCUT2D eigenvalue weighted by Gasteiger charge is 2.41. The van der Waals surface area contributed by atoms with Crippen LogP contribution in [0.3, 0.4) is 0 Å². The number of carbonyl (C=O) groups is 1. The number of likely N-dealkylation sites (tertiary alicyclic amines) is 1. The van der Waals surface area contributed by atoms with Crippen LogP contribution in [0.15, 0.2) is 12.1 Å². The summed E-state index contributed by atoms with van der Waals surface area (Å²) in [5.74, 6) is 1.20. The lowest BCUT2D eigenvalue weighted by atomic mass is 9.79. The fourth-order valence-corrected chi connectivity index (χ4v) is 4.39. The summed E-state index contributed by atoms with van der Waals surface area (Å²) in [6.07, 6.45) is 6.23. The standard InChI is InChI=1S/C19H25NO3/c1-22-17-10-15-4-2-3-14(15)9-16(17)11-20-12-19(6-5-18(20)21)7-8-23-13-19/h9-10H,2-8,11-13H2,1H3/t19-/m1/s1. The molecular weight excluding hydrogens is 290 g/mol. The van der Waals surface area contributed by atoms with E-state index >= 15 is 0 Å². The fraction of sp³-hybridized carbons (Fsp3) is 0.632. The number of piperidine rings is 1. The van der Waals surface area contributed by atoms with E-state index in [1.54, 1.807) is 7.11 Å². The Morgan fingerprint density at radius 1 is 1.22 bits per heavy atom. The minimum atomic E-state index is 0.192. The van der Waals surface area contributed by atoms with E-state index in [0.717, 1.165) is 56.8 Å². The van der Waals surface area contributed by atoms with Crippen LogP contribution in [0.2, 0.25) is 0 Å². The highest BCUT2D eigenvalue weighted by Crippen LogP contribution is 2.39. The number of carbonyl (C=O) groups excluding carboxylic acids is 1. The molecule has 1 aromatic carbocycles.